The Morgan fingerprint density at radius 2 is 2.00 bits per heavy atom. The van der Waals surface area contributed by atoms with Crippen LogP contribution in [0.1, 0.15) is 12.8 Å². The Labute approximate surface area is 119 Å². The first-order chi connectivity index (χ1) is 9.83. The molecule has 0 saturated carbocycles. The van der Waals surface area contributed by atoms with Gasteiger partial charge in [0, 0.05) is 50.8 Å². The molecule has 0 atom stereocenters. The van der Waals surface area contributed by atoms with Crippen molar-refractivity contribution in [1.82, 2.24) is 15.6 Å². The third kappa shape index (κ3) is 3.10. The van der Waals surface area contributed by atoms with Gasteiger partial charge in [0.2, 0.25) is 5.91 Å². The molecule has 0 spiro atoms. The monoisotopic (exact) mass is 274 g/mol. The summed E-state index contributed by atoms with van der Waals surface area (Å²) >= 11 is 0. The molecule has 5 heteroatoms. The first kappa shape index (κ1) is 13.4. The highest BCUT2D eigenvalue weighted by Gasteiger charge is 2.26. The minimum atomic E-state index is 0.201. The lowest BCUT2D eigenvalue weighted by atomic mass is 9.95. The van der Waals surface area contributed by atoms with Crippen LogP contribution in [0.4, 0.5) is 5.69 Å². The summed E-state index contributed by atoms with van der Waals surface area (Å²) in [6.07, 6.45) is 5.97. The molecule has 1 aromatic rings. The van der Waals surface area contributed by atoms with Crippen LogP contribution >= 0.6 is 0 Å². The molecule has 20 heavy (non-hydrogen) atoms. The maximum Gasteiger partial charge on any atom is 0.225 e. The van der Waals surface area contributed by atoms with Crippen LogP contribution in [0.15, 0.2) is 24.5 Å². The van der Waals surface area contributed by atoms with Gasteiger partial charge in [-0.2, -0.15) is 0 Å². The number of carbonyl (C=O) groups is 1. The number of nitrogens with zero attached hydrogens (tertiary/aromatic N) is 2. The molecule has 2 aliphatic heterocycles. The lowest BCUT2D eigenvalue weighted by Gasteiger charge is -2.34. The molecule has 0 unspecified atom stereocenters. The molecule has 0 radical (unpaired) electrons. The van der Waals surface area contributed by atoms with Crippen molar-refractivity contribution in [2.24, 2.45) is 11.8 Å². The standard InChI is InChI=1S/C15H22N4O/c20-15(13-10-17-11-13)18-9-12-3-7-19(8-4-12)14-1-5-16-6-2-14/h1-2,5-6,12-13,17H,3-4,7-11H2,(H,18,20). The van der Waals surface area contributed by atoms with E-state index in [0.29, 0.717) is 5.92 Å². The largest absolute Gasteiger partial charge is 0.371 e. The van der Waals surface area contributed by atoms with Gasteiger partial charge in [-0.3, -0.25) is 9.78 Å². The van der Waals surface area contributed by atoms with Crippen molar-refractivity contribution < 1.29 is 4.79 Å². The fourth-order valence-electron chi connectivity index (χ4n) is 2.81. The molecule has 3 rings (SSSR count). The number of amides is 1. The molecule has 5 nitrogen and oxygen atoms in total. The number of hydrogen-bond donors (Lipinski definition) is 2. The molecule has 2 fully saturated rings. The van der Waals surface area contributed by atoms with Crippen molar-refractivity contribution in [2.45, 2.75) is 12.8 Å². The number of piperidine rings is 1. The van der Waals surface area contributed by atoms with Crippen LogP contribution in [-0.4, -0.2) is 43.6 Å². The van der Waals surface area contributed by atoms with Gasteiger partial charge in [0.05, 0.1) is 5.92 Å². The maximum atomic E-state index is 11.8. The zero-order valence-corrected chi connectivity index (χ0v) is 11.7. The van der Waals surface area contributed by atoms with E-state index >= 15 is 0 Å². The van der Waals surface area contributed by atoms with Crippen LogP contribution in [0.3, 0.4) is 0 Å². The van der Waals surface area contributed by atoms with Gasteiger partial charge in [0.1, 0.15) is 0 Å². The van der Waals surface area contributed by atoms with E-state index in [1.165, 1.54) is 5.69 Å². The molecule has 108 valence electrons. The highest BCUT2D eigenvalue weighted by atomic mass is 16.2. The third-order valence-corrected chi connectivity index (χ3v) is 4.36. The summed E-state index contributed by atoms with van der Waals surface area (Å²) in [4.78, 5) is 18.2. The molecule has 1 amide bonds. The van der Waals surface area contributed by atoms with Gasteiger partial charge in [-0.05, 0) is 30.9 Å². The van der Waals surface area contributed by atoms with E-state index in [9.17, 15) is 4.79 Å². The number of carbonyl (C=O) groups excluding carboxylic acids is 1. The number of aromatic nitrogens is 1. The van der Waals surface area contributed by atoms with E-state index in [-0.39, 0.29) is 11.8 Å². The summed E-state index contributed by atoms with van der Waals surface area (Å²) in [5, 5.41) is 6.23. The summed E-state index contributed by atoms with van der Waals surface area (Å²) in [5.74, 6) is 1.04. The molecule has 3 heterocycles. The van der Waals surface area contributed by atoms with Gasteiger partial charge in [-0.25, -0.2) is 0 Å². The molecule has 2 saturated heterocycles. The Kier molecular flexibility index (Phi) is 4.16. The second-order valence-electron chi connectivity index (χ2n) is 5.74. The fraction of sp³-hybridized carbons (Fsp3) is 0.600. The van der Waals surface area contributed by atoms with E-state index in [1.54, 1.807) is 0 Å². The number of nitrogens with one attached hydrogen (secondary N) is 2. The Morgan fingerprint density at radius 1 is 1.30 bits per heavy atom. The topological polar surface area (TPSA) is 57.3 Å². The highest BCUT2D eigenvalue weighted by molar-refractivity contribution is 5.79. The van der Waals surface area contributed by atoms with Crippen LogP contribution in [0.2, 0.25) is 0 Å². The Hall–Kier alpha value is -1.62. The average molecular weight is 274 g/mol. The molecule has 0 aliphatic carbocycles. The van der Waals surface area contributed by atoms with Gasteiger partial charge in [-0.15, -0.1) is 0 Å². The van der Waals surface area contributed by atoms with E-state index in [2.05, 4.69) is 32.7 Å². The number of hydrogen-bond acceptors (Lipinski definition) is 4. The first-order valence-electron chi connectivity index (χ1n) is 7.46. The SMILES string of the molecule is O=C(NCC1CCN(c2ccncc2)CC1)C1CNC1. The second kappa shape index (κ2) is 6.22. The predicted octanol–water partition coefficient (Wildman–Crippen LogP) is 0.634. The van der Waals surface area contributed by atoms with Crippen molar-refractivity contribution >= 4 is 11.6 Å². The Balaban J connectivity index is 1.41. The smallest absolute Gasteiger partial charge is 0.225 e. The lowest BCUT2D eigenvalue weighted by molar-refractivity contribution is -0.126. The first-order valence-corrected chi connectivity index (χ1v) is 7.46. The minimum absolute atomic E-state index is 0.201. The van der Waals surface area contributed by atoms with Gasteiger partial charge < -0.3 is 15.5 Å². The number of anilines is 1. The molecule has 1 aromatic heterocycles. The predicted molar refractivity (Wildman–Crippen MR) is 78.5 cm³/mol. The average Bonchev–Trinajstić information content (AvgIpc) is 2.45. The van der Waals surface area contributed by atoms with Gasteiger partial charge >= 0.3 is 0 Å². The molecular formula is C15H22N4O. The van der Waals surface area contributed by atoms with Crippen LogP contribution in [0, 0.1) is 11.8 Å². The normalized spacial score (nSPS) is 20.5. The maximum absolute atomic E-state index is 11.8. The van der Waals surface area contributed by atoms with Crippen LogP contribution in [0.25, 0.3) is 0 Å². The van der Waals surface area contributed by atoms with Crippen molar-refractivity contribution in [2.75, 3.05) is 37.6 Å². The van der Waals surface area contributed by atoms with Crippen LogP contribution in [0.5, 0.6) is 0 Å². The summed E-state index contributed by atoms with van der Waals surface area (Å²) in [5.41, 5.74) is 1.25. The van der Waals surface area contributed by atoms with E-state index in [1.807, 2.05) is 12.4 Å². The quantitative estimate of drug-likeness (QED) is 0.846. The van der Waals surface area contributed by atoms with E-state index in [0.717, 1.165) is 45.6 Å². The molecule has 0 aromatic carbocycles. The Morgan fingerprint density at radius 3 is 2.60 bits per heavy atom. The third-order valence-electron chi connectivity index (χ3n) is 4.36. The van der Waals surface area contributed by atoms with E-state index in [4.69, 9.17) is 0 Å². The van der Waals surface area contributed by atoms with Gasteiger partial charge in [-0.1, -0.05) is 0 Å². The van der Waals surface area contributed by atoms with Crippen molar-refractivity contribution in [3.05, 3.63) is 24.5 Å². The van der Waals surface area contributed by atoms with Crippen LogP contribution in [-0.2, 0) is 4.79 Å². The number of rotatable bonds is 4. The molecular weight excluding hydrogens is 252 g/mol. The lowest BCUT2D eigenvalue weighted by Crippen LogP contribution is -2.51. The van der Waals surface area contributed by atoms with Crippen molar-refractivity contribution in [3.63, 3.8) is 0 Å². The summed E-state index contributed by atoms with van der Waals surface area (Å²) in [7, 11) is 0. The summed E-state index contributed by atoms with van der Waals surface area (Å²) < 4.78 is 0. The van der Waals surface area contributed by atoms with Crippen LogP contribution < -0.4 is 15.5 Å². The van der Waals surface area contributed by atoms with E-state index < -0.39 is 0 Å². The highest BCUT2D eigenvalue weighted by Crippen LogP contribution is 2.22. The zero-order valence-electron chi connectivity index (χ0n) is 11.7. The molecule has 2 N–H and O–H groups in total. The second-order valence-corrected chi connectivity index (χ2v) is 5.74. The van der Waals surface area contributed by atoms with Crippen molar-refractivity contribution in [1.29, 1.82) is 0 Å². The van der Waals surface area contributed by atoms with Gasteiger partial charge in [0.25, 0.3) is 0 Å². The fourth-order valence-corrected chi connectivity index (χ4v) is 2.81. The summed E-state index contributed by atoms with van der Waals surface area (Å²) in [6.45, 7) is 4.64. The zero-order chi connectivity index (χ0) is 13.8. The van der Waals surface area contributed by atoms with Gasteiger partial charge in [0.15, 0.2) is 0 Å². The number of pyridine rings is 1. The molecule has 2 aliphatic rings. The summed E-state index contributed by atoms with van der Waals surface area (Å²) in [6, 6.07) is 4.12. The minimum Gasteiger partial charge on any atom is -0.371 e. The Bertz CT molecular complexity index is 438. The molecule has 0 bridgehead atoms. The van der Waals surface area contributed by atoms with Crippen molar-refractivity contribution in [3.8, 4) is 0 Å².